The molecule has 1 fully saturated rings. The predicted molar refractivity (Wildman–Crippen MR) is 53.8 cm³/mol. The Morgan fingerprint density at radius 1 is 1.73 bits per heavy atom. The van der Waals surface area contributed by atoms with Gasteiger partial charge in [-0.05, 0) is 6.42 Å². The Labute approximate surface area is 90.8 Å². The number of carboxylic acid groups (broad SMARTS) is 1. The van der Waals surface area contributed by atoms with Crippen molar-refractivity contribution in [1.82, 2.24) is 4.90 Å². The highest BCUT2D eigenvalue weighted by molar-refractivity contribution is 8.04. The molecule has 6 heteroatoms. The van der Waals surface area contributed by atoms with E-state index in [-0.39, 0.29) is 17.0 Å². The van der Waals surface area contributed by atoms with Gasteiger partial charge in [-0.2, -0.15) is 0 Å². The zero-order valence-electron chi connectivity index (χ0n) is 8.14. The number of fused-ring (bicyclic) bond motifs is 1. The number of carbonyl (C=O) groups excluding carboxylic acids is 1. The summed E-state index contributed by atoms with van der Waals surface area (Å²) in [5, 5.41) is 18.5. The summed E-state index contributed by atoms with van der Waals surface area (Å²) in [5.74, 6) is -1.32. The number of nitrogens with zero attached hydrogens (tertiary/aromatic N) is 1. The molecular formula is C9H11NO4S. The van der Waals surface area contributed by atoms with Gasteiger partial charge in [0.05, 0.1) is 17.9 Å². The quantitative estimate of drug-likeness (QED) is 0.683. The summed E-state index contributed by atoms with van der Waals surface area (Å²) < 4.78 is 0. The van der Waals surface area contributed by atoms with Gasteiger partial charge < -0.3 is 10.2 Å². The number of rotatable bonds is 3. The molecule has 15 heavy (non-hydrogen) atoms. The van der Waals surface area contributed by atoms with Crippen LogP contribution in [0.15, 0.2) is 10.6 Å². The second kappa shape index (κ2) is 3.53. The number of aliphatic hydroxyl groups is 1. The van der Waals surface area contributed by atoms with Crippen molar-refractivity contribution in [2.75, 3.05) is 0 Å². The Kier molecular flexibility index (Phi) is 2.47. The topological polar surface area (TPSA) is 77.8 Å². The van der Waals surface area contributed by atoms with Crippen molar-refractivity contribution in [3.63, 3.8) is 0 Å². The predicted octanol–water partition coefficient (Wildman–Crippen LogP) is 0.359. The fourth-order valence-electron chi connectivity index (χ4n) is 1.70. The zero-order chi connectivity index (χ0) is 11.2. The Bertz CT molecular complexity index is 365. The van der Waals surface area contributed by atoms with E-state index in [1.165, 1.54) is 16.7 Å². The molecule has 82 valence electrons. The average Bonchev–Trinajstić information content (AvgIpc) is 2.50. The first-order valence-corrected chi connectivity index (χ1v) is 5.58. The normalized spacial score (nSPS) is 26.4. The van der Waals surface area contributed by atoms with Gasteiger partial charge in [-0.1, -0.05) is 18.7 Å². The third-order valence-corrected chi connectivity index (χ3v) is 3.90. The lowest BCUT2D eigenvalue weighted by molar-refractivity contribution is -0.145. The van der Waals surface area contributed by atoms with E-state index >= 15 is 0 Å². The molecule has 2 heterocycles. The van der Waals surface area contributed by atoms with Gasteiger partial charge >= 0.3 is 5.97 Å². The summed E-state index contributed by atoms with van der Waals surface area (Å²) in [4.78, 5) is 23.9. The molecule has 5 nitrogen and oxygen atoms in total. The fraction of sp³-hybridized carbons (Fsp3) is 0.556. The molecule has 0 radical (unpaired) electrons. The van der Waals surface area contributed by atoms with Crippen molar-refractivity contribution in [1.29, 1.82) is 0 Å². The van der Waals surface area contributed by atoms with Crippen LogP contribution in [0, 0.1) is 0 Å². The lowest BCUT2D eigenvalue weighted by Crippen LogP contribution is -2.48. The summed E-state index contributed by atoms with van der Waals surface area (Å²) in [7, 11) is 0. The van der Waals surface area contributed by atoms with E-state index in [0.717, 1.165) is 0 Å². The number of aliphatic hydroxyl groups excluding tert-OH is 1. The molecular weight excluding hydrogens is 218 g/mol. The number of carboxylic acids is 1. The molecule has 0 aromatic rings. The van der Waals surface area contributed by atoms with Crippen LogP contribution in [0.1, 0.15) is 19.8 Å². The number of β-lactam (4-membered cyclic amide) rings is 1. The van der Waals surface area contributed by atoms with Crippen LogP contribution < -0.4 is 0 Å². The molecule has 0 aromatic carbocycles. The van der Waals surface area contributed by atoms with Gasteiger partial charge in [0.25, 0.3) is 0 Å². The molecule has 2 atom stereocenters. The number of thioether (sulfide) groups is 1. The molecule has 1 saturated heterocycles. The second-order valence-electron chi connectivity index (χ2n) is 3.48. The maximum Gasteiger partial charge on any atom is 0.353 e. The van der Waals surface area contributed by atoms with Crippen molar-refractivity contribution in [3.8, 4) is 0 Å². The van der Waals surface area contributed by atoms with Crippen molar-refractivity contribution in [2.45, 2.75) is 31.2 Å². The summed E-state index contributed by atoms with van der Waals surface area (Å²) >= 11 is 1.29. The Morgan fingerprint density at radius 3 is 2.87 bits per heavy atom. The molecule has 2 rings (SSSR count). The number of hydrogen-bond donors (Lipinski definition) is 2. The van der Waals surface area contributed by atoms with Crippen molar-refractivity contribution < 1.29 is 19.8 Å². The van der Waals surface area contributed by atoms with Crippen LogP contribution in [0.2, 0.25) is 0 Å². The first-order chi connectivity index (χ1) is 7.06. The van der Waals surface area contributed by atoms with E-state index in [1.54, 1.807) is 6.92 Å². The molecule has 0 aliphatic carbocycles. The molecule has 2 N–H and O–H groups in total. The Morgan fingerprint density at radius 2 is 2.40 bits per heavy atom. The highest BCUT2D eigenvalue weighted by Gasteiger charge is 2.49. The van der Waals surface area contributed by atoms with Crippen LogP contribution in [-0.4, -0.2) is 38.5 Å². The Balaban J connectivity index is 2.35. The molecule has 0 unspecified atom stereocenters. The lowest BCUT2D eigenvalue weighted by atomic mass is 10.1. The van der Waals surface area contributed by atoms with Crippen LogP contribution >= 0.6 is 11.8 Å². The van der Waals surface area contributed by atoms with Gasteiger partial charge in [-0.15, -0.1) is 0 Å². The van der Waals surface area contributed by atoms with E-state index < -0.39 is 12.1 Å². The van der Waals surface area contributed by atoms with Crippen LogP contribution in [0.3, 0.4) is 0 Å². The molecule has 0 aromatic heterocycles. The third-order valence-electron chi connectivity index (χ3n) is 2.54. The number of hydrogen-bond acceptors (Lipinski definition) is 4. The maximum absolute atomic E-state index is 11.2. The lowest BCUT2D eigenvalue weighted by Gasteiger charge is -2.33. The van der Waals surface area contributed by atoms with Crippen LogP contribution in [-0.2, 0) is 9.59 Å². The molecule has 0 bridgehead atoms. The van der Waals surface area contributed by atoms with E-state index in [4.69, 9.17) is 5.11 Å². The van der Waals surface area contributed by atoms with Gasteiger partial charge in [0.15, 0.2) is 0 Å². The van der Waals surface area contributed by atoms with E-state index in [2.05, 4.69) is 0 Å². The first-order valence-electron chi connectivity index (χ1n) is 4.70. The molecule has 0 saturated carbocycles. The third kappa shape index (κ3) is 1.44. The van der Waals surface area contributed by atoms with Crippen LogP contribution in [0.5, 0.6) is 0 Å². The SMILES string of the molecule is CC[C@H](O)C1=C(C(=O)O)N2C(=O)C[C@H]2S1. The van der Waals surface area contributed by atoms with Crippen LogP contribution in [0.25, 0.3) is 0 Å². The van der Waals surface area contributed by atoms with Gasteiger partial charge in [0.1, 0.15) is 5.70 Å². The fourth-order valence-corrected chi connectivity index (χ4v) is 3.17. The number of amides is 1. The highest BCUT2D eigenvalue weighted by Crippen LogP contribution is 2.47. The summed E-state index contributed by atoms with van der Waals surface area (Å²) in [5.41, 5.74) is -0.0319. The van der Waals surface area contributed by atoms with Crippen molar-refractivity contribution in [2.24, 2.45) is 0 Å². The van der Waals surface area contributed by atoms with Gasteiger partial charge in [0.2, 0.25) is 5.91 Å². The van der Waals surface area contributed by atoms with Crippen molar-refractivity contribution >= 4 is 23.6 Å². The number of carbonyl (C=O) groups is 2. The largest absolute Gasteiger partial charge is 0.477 e. The summed E-state index contributed by atoms with van der Waals surface area (Å²) in [6.07, 6.45) is 0.0365. The van der Waals surface area contributed by atoms with Gasteiger partial charge in [-0.3, -0.25) is 9.69 Å². The van der Waals surface area contributed by atoms with E-state index in [0.29, 0.717) is 17.7 Å². The monoisotopic (exact) mass is 229 g/mol. The minimum Gasteiger partial charge on any atom is -0.477 e. The highest BCUT2D eigenvalue weighted by atomic mass is 32.2. The smallest absolute Gasteiger partial charge is 0.353 e. The van der Waals surface area contributed by atoms with Crippen LogP contribution in [0.4, 0.5) is 0 Å². The Hall–Kier alpha value is -1.01. The van der Waals surface area contributed by atoms with Gasteiger partial charge in [-0.25, -0.2) is 4.79 Å². The first kappa shape index (κ1) is 10.5. The maximum atomic E-state index is 11.2. The molecule has 2 aliphatic rings. The van der Waals surface area contributed by atoms with Gasteiger partial charge in [0, 0.05) is 4.91 Å². The summed E-state index contributed by atoms with van der Waals surface area (Å²) in [6.45, 7) is 1.77. The average molecular weight is 229 g/mol. The standard InChI is InChI=1S/C9H11NO4S/c1-2-4(11)8-7(9(13)14)10-5(12)3-6(10)15-8/h4,6,11H,2-3H2,1H3,(H,13,14)/t4-,6+/m0/s1. The van der Waals surface area contributed by atoms with E-state index in [9.17, 15) is 14.7 Å². The minimum absolute atomic E-state index is 0.0319. The molecule has 1 amide bonds. The second-order valence-corrected chi connectivity index (χ2v) is 4.70. The minimum atomic E-state index is -1.14. The summed E-state index contributed by atoms with van der Waals surface area (Å²) in [6, 6.07) is 0. The number of aliphatic carboxylic acids is 1. The zero-order valence-corrected chi connectivity index (χ0v) is 8.95. The molecule has 2 aliphatic heterocycles. The van der Waals surface area contributed by atoms with E-state index in [1.807, 2.05) is 0 Å². The van der Waals surface area contributed by atoms with Crippen molar-refractivity contribution in [3.05, 3.63) is 10.6 Å². The molecule has 0 spiro atoms.